The summed E-state index contributed by atoms with van der Waals surface area (Å²) in [7, 11) is 0. The fourth-order valence-corrected chi connectivity index (χ4v) is 7.73. The fraction of sp³-hybridized carbons (Fsp3) is 0. The van der Waals surface area contributed by atoms with Crippen molar-refractivity contribution < 1.29 is 0 Å². The second-order valence-corrected chi connectivity index (χ2v) is 13.0. The molecule has 2 nitrogen and oxygen atoms in total. The van der Waals surface area contributed by atoms with Gasteiger partial charge in [-0.05, 0) is 88.0 Å². The van der Waals surface area contributed by atoms with Crippen molar-refractivity contribution in [3.8, 4) is 44.8 Å². The van der Waals surface area contributed by atoms with E-state index in [2.05, 4.69) is 203 Å². The molecule has 2 aromatic heterocycles. The number of nitrogens with zero attached hydrogens (tertiary/aromatic N) is 2. The lowest BCUT2D eigenvalue weighted by Gasteiger charge is -2.12. The topological polar surface area (TPSA) is 9.86 Å². The summed E-state index contributed by atoms with van der Waals surface area (Å²) in [5, 5.41) is 5.04. The van der Waals surface area contributed by atoms with E-state index in [9.17, 15) is 0 Å². The monoisotopic (exact) mass is 636 g/mol. The summed E-state index contributed by atoms with van der Waals surface area (Å²) in [6.45, 7) is 0. The van der Waals surface area contributed by atoms with E-state index in [0.29, 0.717) is 0 Å². The number of hydrogen-bond acceptors (Lipinski definition) is 0. The summed E-state index contributed by atoms with van der Waals surface area (Å²) in [6.07, 6.45) is 0. The molecule has 2 heterocycles. The highest BCUT2D eigenvalue weighted by Gasteiger charge is 2.18. The number of benzene rings is 8. The van der Waals surface area contributed by atoms with Crippen LogP contribution >= 0.6 is 0 Å². The quantitative estimate of drug-likeness (QED) is 0.178. The van der Waals surface area contributed by atoms with Crippen LogP contribution in [0.1, 0.15) is 0 Å². The minimum absolute atomic E-state index is 1.15. The maximum atomic E-state index is 2.43. The van der Waals surface area contributed by atoms with Crippen LogP contribution in [-0.4, -0.2) is 9.13 Å². The summed E-state index contributed by atoms with van der Waals surface area (Å²) in [5.41, 5.74) is 14.4. The van der Waals surface area contributed by atoms with E-state index in [1.165, 1.54) is 77.0 Å². The van der Waals surface area contributed by atoms with Gasteiger partial charge in [-0.1, -0.05) is 140 Å². The van der Waals surface area contributed by atoms with Gasteiger partial charge in [0.15, 0.2) is 0 Å². The summed E-state index contributed by atoms with van der Waals surface area (Å²) in [6, 6.07) is 70.4. The number of hydrogen-bond donors (Lipinski definition) is 0. The van der Waals surface area contributed by atoms with Gasteiger partial charge in [0.05, 0.1) is 22.1 Å². The molecule has 234 valence electrons. The molecular weight excluding hydrogens is 605 g/mol. The van der Waals surface area contributed by atoms with Crippen LogP contribution in [0.4, 0.5) is 0 Å². The van der Waals surface area contributed by atoms with E-state index >= 15 is 0 Å². The van der Waals surface area contributed by atoms with Crippen molar-refractivity contribution in [2.75, 3.05) is 0 Å². The normalized spacial score (nSPS) is 11.6. The highest BCUT2D eigenvalue weighted by molar-refractivity contribution is 6.19. The molecule has 0 fully saturated rings. The number of fused-ring (bicyclic) bond motifs is 6. The van der Waals surface area contributed by atoms with Crippen LogP contribution in [0, 0.1) is 0 Å². The Kier molecular flexibility index (Phi) is 6.53. The van der Waals surface area contributed by atoms with Gasteiger partial charge in [-0.2, -0.15) is 0 Å². The highest BCUT2D eigenvalue weighted by atomic mass is 15.0. The van der Waals surface area contributed by atoms with Crippen molar-refractivity contribution in [3.05, 3.63) is 194 Å². The van der Waals surface area contributed by atoms with Gasteiger partial charge < -0.3 is 9.13 Å². The predicted molar refractivity (Wildman–Crippen MR) is 211 cm³/mol. The summed E-state index contributed by atoms with van der Waals surface area (Å²) < 4.78 is 4.85. The van der Waals surface area contributed by atoms with E-state index in [1.807, 2.05) is 0 Å². The van der Waals surface area contributed by atoms with Gasteiger partial charge in [0.25, 0.3) is 0 Å². The number of rotatable bonds is 5. The summed E-state index contributed by atoms with van der Waals surface area (Å²) in [5.74, 6) is 0. The molecule has 0 radical (unpaired) electrons. The van der Waals surface area contributed by atoms with Crippen molar-refractivity contribution in [2.45, 2.75) is 0 Å². The molecule has 2 heteroatoms. The van der Waals surface area contributed by atoms with Gasteiger partial charge in [0.2, 0.25) is 0 Å². The third-order valence-electron chi connectivity index (χ3n) is 10.1. The zero-order valence-corrected chi connectivity index (χ0v) is 27.4. The molecule has 0 aliphatic carbocycles. The lowest BCUT2D eigenvalue weighted by atomic mass is 9.99. The first-order valence-electron chi connectivity index (χ1n) is 17.2. The van der Waals surface area contributed by atoms with Gasteiger partial charge in [-0.15, -0.1) is 0 Å². The van der Waals surface area contributed by atoms with Crippen LogP contribution in [0.2, 0.25) is 0 Å². The van der Waals surface area contributed by atoms with E-state index in [4.69, 9.17) is 0 Å². The molecule has 0 unspecified atom stereocenters. The van der Waals surface area contributed by atoms with Gasteiger partial charge >= 0.3 is 0 Å². The summed E-state index contributed by atoms with van der Waals surface area (Å²) >= 11 is 0. The maximum Gasteiger partial charge on any atom is 0.0562 e. The van der Waals surface area contributed by atoms with Crippen molar-refractivity contribution in [1.82, 2.24) is 9.13 Å². The predicted octanol–water partition coefficient (Wildman–Crippen LogP) is 12.9. The zero-order valence-electron chi connectivity index (χ0n) is 27.4. The minimum Gasteiger partial charge on any atom is -0.309 e. The lowest BCUT2D eigenvalue weighted by Crippen LogP contribution is -1.96. The Bertz CT molecular complexity index is 2820. The Balaban J connectivity index is 1.14. The summed E-state index contributed by atoms with van der Waals surface area (Å²) in [4.78, 5) is 0. The molecule has 0 saturated carbocycles. The Morgan fingerprint density at radius 2 is 0.600 bits per heavy atom. The molecule has 0 N–H and O–H groups in total. The molecule has 0 aliphatic heterocycles. The minimum atomic E-state index is 1.15. The number of aromatic nitrogens is 2. The van der Waals surface area contributed by atoms with Crippen LogP contribution in [0.3, 0.4) is 0 Å². The molecule has 10 aromatic rings. The van der Waals surface area contributed by atoms with Gasteiger partial charge in [-0.25, -0.2) is 0 Å². The molecule has 0 saturated heterocycles. The van der Waals surface area contributed by atoms with Crippen LogP contribution in [0.15, 0.2) is 194 Å². The van der Waals surface area contributed by atoms with E-state index in [-0.39, 0.29) is 0 Å². The molecule has 10 rings (SSSR count). The van der Waals surface area contributed by atoms with E-state index in [0.717, 1.165) is 11.4 Å². The van der Waals surface area contributed by atoms with Crippen molar-refractivity contribution >= 4 is 43.6 Å². The molecular formula is C48H32N2. The molecule has 0 atom stereocenters. The van der Waals surface area contributed by atoms with Gasteiger partial charge in [0.1, 0.15) is 0 Å². The van der Waals surface area contributed by atoms with E-state index < -0.39 is 0 Å². The standard InChI is InChI=1S/C48H32N2/c1-3-12-33(13-4-1)35-22-26-39(27-23-35)49-45-20-9-7-18-41(45)43-31-44-42-19-8-10-21-46(42)50(48(44)32-47(43)49)40-28-24-36(25-29-40)38-17-11-16-37(30-38)34-14-5-2-6-15-34/h1-32H. The Morgan fingerprint density at radius 3 is 1.10 bits per heavy atom. The van der Waals surface area contributed by atoms with Crippen LogP contribution < -0.4 is 0 Å². The first-order chi connectivity index (χ1) is 24.8. The number of para-hydroxylation sites is 2. The smallest absolute Gasteiger partial charge is 0.0562 e. The molecule has 0 spiro atoms. The Morgan fingerprint density at radius 1 is 0.220 bits per heavy atom. The zero-order chi connectivity index (χ0) is 33.0. The molecule has 0 aliphatic rings. The van der Waals surface area contributed by atoms with Crippen molar-refractivity contribution in [3.63, 3.8) is 0 Å². The molecule has 0 amide bonds. The third kappa shape index (κ3) is 4.57. The second-order valence-electron chi connectivity index (χ2n) is 13.0. The first kappa shape index (κ1) is 28.4. The molecule has 50 heavy (non-hydrogen) atoms. The van der Waals surface area contributed by atoms with Crippen molar-refractivity contribution in [2.24, 2.45) is 0 Å². The largest absolute Gasteiger partial charge is 0.309 e. The average Bonchev–Trinajstić information content (AvgIpc) is 3.70. The second kappa shape index (κ2) is 11.5. The van der Waals surface area contributed by atoms with Gasteiger partial charge in [0, 0.05) is 32.9 Å². The SMILES string of the molecule is c1ccc(-c2ccc(-n3c4ccccc4c4cc5c6ccccc6n(-c6ccc(-c7cccc(-c8ccccc8)c7)cc6)c5cc43)cc2)cc1. The molecule has 8 aromatic carbocycles. The maximum absolute atomic E-state index is 2.43. The van der Waals surface area contributed by atoms with E-state index in [1.54, 1.807) is 0 Å². The highest BCUT2D eigenvalue weighted by Crippen LogP contribution is 2.40. The van der Waals surface area contributed by atoms with Gasteiger partial charge in [-0.3, -0.25) is 0 Å². The lowest BCUT2D eigenvalue weighted by molar-refractivity contribution is 1.16. The van der Waals surface area contributed by atoms with Crippen LogP contribution in [-0.2, 0) is 0 Å². The van der Waals surface area contributed by atoms with Crippen LogP contribution in [0.25, 0.3) is 88.4 Å². The Hall–Kier alpha value is -6.64. The molecule has 0 bridgehead atoms. The van der Waals surface area contributed by atoms with Crippen molar-refractivity contribution in [1.29, 1.82) is 0 Å². The van der Waals surface area contributed by atoms with Crippen LogP contribution in [0.5, 0.6) is 0 Å². The first-order valence-corrected chi connectivity index (χ1v) is 17.2. The fourth-order valence-electron chi connectivity index (χ4n) is 7.73. The third-order valence-corrected chi connectivity index (χ3v) is 10.1. The Labute approximate surface area is 290 Å². The average molecular weight is 637 g/mol.